The molecule has 5 nitrogen and oxygen atoms in total. The Morgan fingerprint density at radius 2 is 2.00 bits per heavy atom. The largest absolute Gasteiger partial charge is 0.444 e. The summed E-state index contributed by atoms with van der Waals surface area (Å²) in [6.07, 6.45) is 2.09. The highest BCUT2D eigenvalue weighted by molar-refractivity contribution is 7.90. The third-order valence-electron chi connectivity index (χ3n) is 2.13. The summed E-state index contributed by atoms with van der Waals surface area (Å²) >= 11 is 0. The first-order valence-corrected chi connectivity index (χ1v) is 7.06. The number of benzene rings is 1. The zero-order valence-electron chi connectivity index (χ0n) is 10.7. The lowest BCUT2D eigenvalue weighted by atomic mass is 10.2. The van der Waals surface area contributed by atoms with Gasteiger partial charge in [0.05, 0.1) is 4.90 Å². The van der Waals surface area contributed by atoms with E-state index < -0.39 is 16.1 Å². The average Bonchev–Trinajstić information content (AvgIpc) is 2.34. The lowest BCUT2D eigenvalue weighted by molar-refractivity contribution is 0.165. The molecule has 1 amide bonds. The second kappa shape index (κ2) is 6.78. The summed E-state index contributed by atoms with van der Waals surface area (Å²) in [6.45, 7) is 3.56. The summed E-state index contributed by atoms with van der Waals surface area (Å²) in [5, 5.41) is 0. The van der Waals surface area contributed by atoms with Crippen molar-refractivity contribution in [1.82, 2.24) is 4.72 Å². The third-order valence-corrected chi connectivity index (χ3v) is 3.46. The van der Waals surface area contributed by atoms with E-state index in [1.165, 1.54) is 18.2 Å². The van der Waals surface area contributed by atoms with Gasteiger partial charge in [-0.25, -0.2) is 17.9 Å². The minimum Gasteiger partial charge on any atom is -0.444 e. The van der Waals surface area contributed by atoms with Crippen LogP contribution in [0.15, 0.2) is 47.0 Å². The van der Waals surface area contributed by atoms with E-state index in [4.69, 9.17) is 0 Å². The van der Waals surface area contributed by atoms with Crippen LogP contribution in [-0.2, 0) is 14.8 Å². The number of sulfonamides is 1. The Labute approximate surface area is 112 Å². The first-order chi connectivity index (χ1) is 8.95. The lowest BCUT2D eigenvalue weighted by Gasteiger charge is -2.06. The number of carbonyl (C=O) groups is 1. The van der Waals surface area contributed by atoms with E-state index in [1.54, 1.807) is 25.1 Å². The highest BCUT2D eigenvalue weighted by atomic mass is 32.2. The van der Waals surface area contributed by atoms with Gasteiger partial charge >= 0.3 is 6.09 Å². The zero-order valence-corrected chi connectivity index (χ0v) is 11.5. The molecule has 19 heavy (non-hydrogen) atoms. The highest BCUT2D eigenvalue weighted by Gasteiger charge is 2.17. The van der Waals surface area contributed by atoms with Crippen LogP contribution in [0, 0.1) is 6.92 Å². The summed E-state index contributed by atoms with van der Waals surface area (Å²) in [7, 11) is -3.89. The SMILES string of the molecule is CC=C=CCOC(=O)NS(=O)(=O)c1ccc(C)cc1. The maximum Gasteiger partial charge on any atom is 0.421 e. The predicted octanol–water partition coefficient (Wildman–Crippen LogP) is 2.14. The number of hydrogen-bond donors (Lipinski definition) is 1. The number of carbonyl (C=O) groups excluding carboxylic acids is 1. The van der Waals surface area contributed by atoms with Crippen LogP contribution >= 0.6 is 0 Å². The topological polar surface area (TPSA) is 72.5 Å². The van der Waals surface area contributed by atoms with Crippen molar-refractivity contribution in [2.75, 3.05) is 6.61 Å². The molecule has 0 aliphatic heterocycles. The number of amides is 1. The van der Waals surface area contributed by atoms with Gasteiger partial charge < -0.3 is 4.74 Å². The zero-order chi connectivity index (χ0) is 14.3. The molecule has 0 saturated carbocycles. The van der Waals surface area contributed by atoms with Crippen LogP contribution in [0.2, 0.25) is 0 Å². The Kier molecular flexibility index (Phi) is 5.36. The van der Waals surface area contributed by atoms with Crippen molar-refractivity contribution in [2.45, 2.75) is 18.7 Å². The van der Waals surface area contributed by atoms with Crippen LogP contribution in [0.1, 0.15) is 12.5 Å². The van der Waals surface area contributed by atoms with Crippen molar-refractivity contribution >= 4 is 16.1 Å². The van der Waals surface area contributed by atoms with Gasteiger partial charge in [-0.05, 0) is 38.1 Å². The predicted molar refractivity (Wildman–Crippen MR) is 71.2 cm³/mol. The fourth-order valence-electron chi connectivity index (χ4n) is 1.20. The molecule has 0 saturated heterocycles. The monoisotopic (exact) mass is 281 g/mol. The third kappa shape index (κ3) is 4.99. The normalized spacial score (nSPS) is 10.2. The highest BCUT2D eigenvalue weighted by Crippen LogP contribution is 2.09. The standard InChI is InChI=1S/C13H15NO4S/c1-3-4-5-10-18-13(15)14-19(16,17)12-8-6-11(2)7-9-12/h3,5-9H,10H2,1-2H3,(H,14,15). The molecule has 1 N–H and O–H groups in total. The molecule has 0 aromatic heterocycles. The van der Waals surface area contributed by atoms with Gasteiger partial charge in [-0.3, -0.25) is 0 Å². The van der Waals surface area contributed by atoms with E-state index in [0.29, 0.717) is 0 Å². The molecule has 0 heterocycles. The van der Waals surface area contributed by atoms with Crippen molar-refractivity contribution in [3.63, 3.8) is 0 Å². The Morgan fingerprint density at radius 3 is 2.58 bits per heavy atom. The Balaban J connectivity index is 2.67. The molecule has 0 fully saturated rings. The Bertz CT molecular complexity index is 596. The Morgan fingerprint density at radius 1 is 1.37 bits per heavy atom. The summed E-state index contributed by atoms with van der Waals surface area (Å²) < 4.78 is 30.1. The molecule has 1 aromatic carbocycles. The summed E-state index contributed by atoms with van der Waals surface area (Å²) in [5.41, 5.74) is 3.63. The van der Waals surface area contributed by atoms with Gasteiger partial charge in [0.25, 0.3) is 10.0 Å². The van der Waals surface area contributed by atoms with E-state index in [2.05, 4.69) is 10.5 Å². The van der Waals surface area contributed by atoms with Crippen molar-refractivity contribution in [3.05, 3.63) is 47.7 Å². The van der Waals surface area contributed by atoms with Crippen molar-refractivity contribution in [1.29, 1.82) is 0 Å². The first-order valence-electron chi connectivity index (χ1n) is 5.57. The van der Waals surface area contributed by atoms with E-state index >= 15 is 0 Å². The quantitative estimate of drug-likeness (QED) is 0.858. The molecular weight excluding hydrogens is 266 g/mol. The van der Waals surface area contributed by atoms with Crippen LogP contribution in [0.4, 0.5) is 4.79 Å². The lowest BCUT2D eigenvalue weighted by Crippen LogP contribution is -2.31. The maximum atomic E-state index is 11.8. The summed E-state index contributed by atoms with van der Waals surface area (Å²) in [6, 6.07) is 6.14. The number of nitrogens with one attached hydrogen (secondary N) is 1. The molecule has 0 aliphatic rings. The van der Waals surface area contributed by atoms with Crippen LogP contribution in [0.3, 0.4) is 0 Å². The molecule has 0 bridgehead atoms. The van der Waals surface area contributed by atoms with E-state index in [9.17, 15) is 13.2 Å². The van der Waals surface area contributed by atoms with Crippen LogP contribution in [0.25, 0.3) is 0 Å². The minimum atomic E-state index is -3.89. The molecule has 0 aliphatic carbocycles. The second-order valence-corrected chi connectivity index (χ2v) is 5.36. The van der Waals surface area contributed by atoms with Gasteiger partial charge in [0.15, 0.2) is 0 Å². The number of rotatable bonds is 4. The van der Waals surface area contributed by atoms with Crippen molar-refractivity contribution < 1.29 is 17.9 Å². The van der Waals surface area contributed by atoms with Gasteiger partial charge in [-0.1, -0.05) is 17.7 Å². The van der Waals surface area contributed by atoms with Gasteiger partial charge in [0.2, 0.25) is 0 Å². The number of ether oxygens (including phenoxy) is 1. The fraction of sp³-hybridized carbons (Fsp3) is 0.231. The van der Waals surface area contributed by atoms with Crippen LogP contribution in [-0.4, -0.2) is 21.1 Å². The molecule has 0 unspecified atom stereocenters. The van der Waals surface area contributed by atoms with E-state index in [1.807, 2.05) is 11.6 Å². The van der Waals surface area contributed by atoms with Crippen LogP contribution < -0.4 is 4.72 Å². The maximum absolute atomic E-state index is 11.8. The average molecular weight is 281 g/mol. The molecule has 0 spiro atoms. The first kappa shape index (κ1) is 15.0. The summed E-state index contributed by atoms with van der Waals surface area (Å²) in [5.74, 6) is 0. The molecule has 6 heteroatoms. The Hall–Kier alpha value is -2.04. The van der Waals surface area contributed by atoms with Crippen LogP contribution in [0.5, 0.6) is 0 Å². The van der Waals surface area contributed by atoms with E-state index in [-0.39, 0.29) is 11.5 Å². The molecule has 0 atom stereocenters. The molecule has 102 valence electrons. The number of hydrogen-bond acceptors (Lipinski definition) is 4. The molecule has 0 radical (unpaired) electrons. The summed E-state index contributed by atoms with van der Waals surface area (Å²) in [4.78, 5) is 11.3. The smallest absolute Gasteiger partial charge is 0.421 e. The van der Waals surface area contributed by atoms with Gasteiger partial charge in [0.1, 0.15) is 6.61 Å². The van der Waals surface area contributed by atoms with Crippen molar-refractivity contribution in [2.24, 2.45) is 0 Å². The van der Waals surface area contributed by atoms with Gasteiger partial charge in [-0.15, -0.1) is 5.73 Å². The number of aryl methyl sites for hydroxylation is 1. The van der Waals surface area contributed by atoms with Gasteiger partial charge in [-0.2, -0.15) is 0 Å². The van der Waals surface area contributed by atoms with Crippen molar-refractivity contribution in [3.8, 4) is 0 Å². The molecule has 1 rings (SSSR count). The fourth-order valence-corrected chi connectivity index (χ4v) is 2.09. The minimum absolute atomic E-state index is 0.0130. The van der Waals surface area contributed by atoms with E-state index in [0.717, 1.165) is 5.56 Å². The molecular formula is C13H15NO4S. The molecule has 1 aromatic rings. The second-order valence-electron chi connectivity index (χ2n) is 3.68. The van der Waals surface area contributed by atoms with Gasteiger partial charge in [0, 0.05) is 0 Å².